The zero-order valence-corrected chi connectivity index (χ0v) is 9.05. The highest BCUT2D eigenvalue weighted by Crippen LogP contribution is 2.25. The molecule has 84 valence electrons. The Morgan fingerprint density at radius 2 is 2.06 bits per heavy atom. The molecule has 0 aliphatic carbocycles. The van der Waals surface area contributed by atoms with Crippen molar-refractivity contribution in [3.8, 4) is 0 Å². The summed E-state index contributed by atoms with van der Waals surface area (Å²) in [6, 6.07) is 9.35. The second kappa shape index (κ2) is 4.35. The Hall–Kier alpha value is -1.84. The lowest BCUT2D eigenvalue weighted by Crippen LogP contribution is -2.25. The SMILES string of the molecule is COC(=O)[C@H]1CC(=O)N(c2ccccc2)C1. The summed E-state index contributed by atoms with van der Waals surface area (Å²) in [5.74, 6) is -0.675. The maximum absolute atomic E-state index is 11.7. The fourth-order valence-corrected chi connectivity index (χ4v) is 1.89. The van der Waals surface area contributed by atoms with Gasteiger partial charge < -0.3 is 9.64 Å². The molecule has 1 heterocycles. The second-order valence-corrected chi connectivity index (χ2v) is 3.76. The highest BCUT2D eigenvalue weighted by atomic mass is 16.5. The molecule has 1 saturated heterocycles. The first-order valence-electron chi connectivity index (χ1n) is 5.15. The Balaban J connectivity index is 2.14. The molecule has 1 aromatic carbocycles. The van der Waals surface area contributed by atoms with Gasteiger partial charge in [0.15, 0.2) is 0 Å². The number of amides is 1. The van der Waals surface area contributed by atoms with E-state index < -0.39 is 0 Å². The molecule has 16 heavy (non-hydrogen) atoms. The normalized spacial score (nSPS) is 19.9. The number of para-hydroxylation sites is 1. The first-order chi connectivity index (χ1) is 7.72. The topological polar surface area (TPSA) is 46.6 Å². The summed E-state index contributed by atoms with van der Waals surface area (Å²) in [4.78, 5) is 24.7. The van der Waals surface area contributed by atoms with E-state index in [0.717, 1.165) is 5.69 Å². The monoisotopic (exact) mass is 219 g/mol. The summed E-state index contributed by atoms with van der Waals surface area (Å²) in [5.41, 5.74) is 0.832. The fraction of sp³-hybridized carbons (Fsp3) is 0.333. The lowest BCUT2D eigenvalue weighted by molar-refractivity contribution is -0.145. The van der Waals surface area contributed by atoms with Crippen molar-refractivity contribution >= 4 is 17.6 Å². The number of esters is 1. The first kappa shape index (κ1) is 10.7. The van der Waals surface area contributed by atoms with Gasteiger partial charge in [0, 0.05) is 18.7 Å². The van der Waals surface area contributed by atoms with Crippen molar-refractivity contribution in [2.45, 2.75) is 6.42 Å². The summed E-state index contributed by atoms with van der Waals surface area (Å²) in [5, 5.41) is 0. The van der Waals surface area contributed by atoms with Gasteiger partial charge in [-0.25, -0.2) is 0 Å². The van der Waals surface area contributed by atoms with Gasteiger partial charge in [-0.3, -0.25) is 9.59 Å². The van der Waals surface area contributed by atoms with Gasteiger partial charge in [-0.2, -0.15) is 0 Å². The smallest absolute Gasteiger partial charge is 0.311 e. The van der Waals surface area contributed by atoms with Crippen LogP contribution in [0, 0.1) is 5.92 Å². The minimum Gasteiger partial charge on any atom is -0.469 e. The Labute approximate surface area is 93.8 Å². The average Bonchev–Trinajstić information content (AvgIpc) is 2.71. The Morgan fingerprint density at radius 3 is 2.69 bits per heavy atom. The van der Waals surface area contributed by atoms with Crippen LogP contribution in [0.15, 0.2) is 30.3 Å². The van der Waals surface area contributed by atoms with Gasteiger partial charge in [0.25, 0.3) is 0 Å². The lowest BCUT2D eigenvalue weighted by Gasteiger charge is -2.15. The number of carbonyl (C=O) groups is 2. The quantitative estimate of drug-likeness (QED) is 0.702. The van der Waals surface area contributed by atoms with E-state index >= 15 is 0 Å². The predicted octanol–water partition coefficient (Wildman–Crippen LogP) is 1.21. The lowest BCUT2D eigenvalue weighted by atomic mass is 10.1. The molecule has 0 N–H and O–H groups in total. The van der Waals surface area contributed by atoms with Gasteiger partial charge >= 0.3 is 5.97 Å². The standard InChI is InChI=1S/C12H13NO3/c1-16-12(15)9-7-11(14)13(8-9)10-5-3-2-4-6-10/h2-6,9H,7-8H2,1H3/t9-/m0/s1. The van der Waals surface area contributed by atoms with Gasteiger partial charge in [0.05, 0.1) is 13.0 Å². The van der Waals surface area contributed by atoms with Crippen molar-refractivity contribution in [2.75, 3.05) is 18.6 Å². The molecule has 1 aliphatic heterocycles. The maximum Gasteiger partial charge on any atom is 0.311 e. The van der Waals surface area contributed by atoms with E-state index in [1.54, 1.807) is 4.90 Å². The number of benzene rings is 1. The van der Waals surface area contributed by atoms with E-state index in [2.05, 4.69) is 4.74 Å². The highest BCUT2D eigenvalue weighted by molar-refractivity contribution is 5.99. The van der Waals surface area contributed by atoms with E-state index in [0.29, 0.717) is 6.54 Å². The van der Waals surface area contributed by atoms with Crippen LogP contribution in [0.2, 0.25) is 0 Å². The van der Waals surface area contributed by atoms with E-state index in [4.69, 9.17) is 0 Å². The van der Waals surface area contributed by atoms with Crippen LogP contribution in [0.3, 0.4) is 0 Å². The average molecular weight is 219 g/mol. The summed E-state index contributed by atoms with van der Waals surface area (Å²) < 4.78 is 4.65. The van der Waals surface area contributed by atoms with Crippen molar-refractivity contribution in [1.82, 2.24) is 0 Å². The molecule has 0 aromatic heterocycles. The molecule has 4 nitrogen and oxygen atoms in total. The molecular formula is C12H13NO3. The molecule has 2 rings (SSSR count). The van der Waals surface area contributed by atoms with E-state index in [1.807, 2.05) is 30.3 Å². The van der Waals surface area contributed by atoms with Gasteiger partial charge in [0.2, 0.25) is 5.91 Å². The van der Waals surface area contributed by atoms with Crippen LogP contribution in [-0.4, -0.2) is 25.5 Å². The summed E-state index contributed by atoms with van der Waals surface area (Å²) in [7, 11) is 1.35. The molecule has 0 spiro atoms. The van der Waals surface area contributed by atoms with Gasteiger partial charge in [0.1, 0.15) is 0 Å². The summed E-state index contributed by atoms with van der Waals surface area (Å²) >= 11 is 0. The number of anilines is 1. The second-order valence-electron chi connectivity index (χ2n) is 3.76. The Kier molecular flexibility index (Phi) is 2.90. The number of nitrogens with zero attached hydrogens (tertiary/aromatic N) is 1. The Bertz CT molecular complexity index is 402. The predicted molar refractivity (Wildman–Crippen MR) is 58.9 cm³/mol. The molecule has 1 aliphatic rings. The Morgan fingerprint density at radius 1 is 1.38 bits per heavy atom. The van der Waals surface area contributed by atoms with Crippen molar-refractivity contribution in [3.05, 3.63) is 30.3 Å². The first-order valence-corrected chi connectivity index (χ1v) is 5.15. The molecular weight excluding hydrogens is 206 g/mol. The third-order valence-corrected chi connectivity index (χ3v) is 2.73. The third kappa shape index (κ3) is 1.91. The zero-order chi connectivity index (χ0) is 11.5. The fourth-order valence-electron chi connectivity index (χ4n) is 1.89. The van der Waals surface area contributed by atoms with Crippen molar-refractivity contribution in [1.29, 1.82) is 0 Å². The van der Waals surface area contributed by atoms with Crippen LogP contribution >= 0.6 is 0 Å². The summed E-state index contributed by atoms with van der Waals surface area (Å²) in [6.07, 6.45) is 0.238. The van der Waals surface area contributed by atoms with Crippen molar-refractivity contribution in [3.63, 3.8) is 0 Å². The molecule has 1 aromatic rings. The number of carbonyl (C=O) groups excluding carboxylic acids is 2. The van der Waals surface area contributed by atoms with Crippen LogP contribution in [-0.2, 0) is 14.3 Å². The van der Waals surface area contributed by atoms with E-state index in [9.17, 15) is 9.59 Å². The van der Waals surface area contributed by atoms with Crippen LogP contribution < -0.4 is 4.90 Å². The van der Waals surface area contributed by atoms with Gasteiger partial charge in [-0.1, -0.05) is 18.2 Å². The van der Waals surface area contributed by atoms with Crippen molar-refractivity contribution < 1.29 is 14.3 Å². The van der Waals surface area contributed by atoms with Crippen LogP contribution in [0.5, 0.6) is 0 Å². The molecule has 1 atom stereocenters. The van der Waals surface area contributed by atoms with E-state index in [-0.39, 0.29) is 24.2 Å². The minimum atomic E-state index is -0.335. The molecule has 0 unspecified atom stereocenters. The zero-order valence-electron chi connectivity index (χ0n) is 9.05. The number of rotatable bonds is 2. The molecule has 0 saturated carbocycles. The molecule has 1 fully saturated rings. The number of ether oxygens (including phenoxy) is 1. The largest absolute Gasteiger partial charge is 0.469 e. The highest BCUT2D eigenvalue weighted by Gasteiger charge is 2.35. The number of hydrogen-bond donors (Lipinski definition) is 0. The maximum atomic E-state index is 11.7. The molecule has 0 bridgehead atoms. The van der Waals surface area contributed by atoms with Crippen LogP contribution in [0.1, 0.15) is 6.42 Å². The summed E-state index contributed by atoms with van der Waals surface area (Å²) in [6.45, 7) is 0.412. The number of methoxy groups -OCH3 is 1. The van der Waals surface area contributed by atoms with Crippen LogP contribution in [0.25, 0.3) is 0 Å². The van der Waals surface area contributed by atoms with Gasteiger partial charge in [-0.15, -0.1) is 0 Å². The number of hydrogen-bond acceptors (Lipinski definition) is 3. The molecule has 0 radical (unpaired) electrons. The third-order valence-electron chi connectivity index (χ3n) is 2.73. The van der Waals surface area contributed by atoms with Gasteiger partial charge in [-0.05, 0) is 12.1 Å². The minimum absolute atomic E-state index is 0.0263. The molecule has 4 heteroatoms. The van der Waals surface area contributed by atoms with E-state index in [1.165, 1.54) is 7.11 Å². The van der Waals surface area contributed by atoms with Crippen LogP contribution in [0.4, 0.5) is 5.69 Å². The molecule has 1 amide bonds. The van der Waals surface area contributed by atoms with Crippen molar-refractivity contribution in [2.24, 2.45) is 5.92 Å².